The quantitative estimate of drug-likeness (QED) is 0.787. The Bertz CT molecular complexity index is 742. The highest BCUT2D eigenvalue weighted by Crippen LogP contribution is 2.48. The summed E-state index contributed by atoms with van der Waals surface area (Å²) in [6, 6.07) is 2.47. The summed E-state index contributed by atoms with van der Waals surface area (Å²) in [6.07, 6.45) is 4.98. The van der Waals surface area contributed by atoms with Crippen molar-refractivity contribution < 1.29 is 0 Å². The Morgan fingerprint density at radius 1 is 1.17 bits per heavy atom. The predicted octanol–water partition coefficient (Wildman–Crippen LogP) is 2.17. The van der Waals surface area contributed by atoms with Gasteiger partial charge in [0, 0.05) is 11.7 Å². The number of nitrogens with zero attached hydrogens (tertiary/aromatic N) is 3. The van der Waals surface area contributed by atoms with E-state index in [1.54, 1.807) is 0 Å². The highest BCUT2D eigenvalue weighted by molar-refractivity contribution is 5.89. The lowest BCUT2D eigenvalue weighted by Gasteiger charge is -2.50. The first-order valence-corrected chi connectivity index (χ1v) is 8.43. The molecule has 0 aromatic carbocycles. The highest BCUT2D eigenvalue weighted by atomic mass is 15.2. The zero-order chi connectivity index (χ0) is 16.0. The fourth-order valence-corrected chi connectivity index (χ4v) is 4.21. The van der Waals surface area contributed by atoms with Crippen LogP contribution in [0.15, 0.2) is 6.07 Å². The van der Waals surface area contributed by atoms with Crippen molar-refractivity contribution in [1.82, 2.24) is 20.3 Å². The number of piperidine rings is 1. The number of rotatable bonds is 2. The molecule has 2 aliphatic rings. The largest absolute Gasteiger partial charge is 0.383 e. The molecular weight excluding hydrogens is 288 g/mol. The Hall–Kier alpha value is -1.95. The van der Waals surface area contributed by atoms with Gasteiger partial charge < -0.3 is 16.4 Å². The van der Waals surface area contributed by atoms with Crippen LogP contribution in [0.1, 0.15) is 36.9 Å². The zero-order valence-electron chi connectivity index (χ0n) is 13.8. The van der Waals surface area contributed by atoms with Gasteiger partial charge in [-0.3, -0.25) is 0 Å². The molecule has 2 fully saturated rings. The minimum Gasteiger partial charge on any atom is -0.383 e. The van der Waals surface area contributed by atoms with Gasteiger partial charge in [-0.25, -0.2) is 4.98 Å². The summed E-state index contributed by atoms with van der Waals surface area (Å²) < 4.78 is 0. The molecule has 0 unspecified atom stereocenters. The SMILES string of the molecule is Cc1cc(C)c2c(N)nc(NC3CC4(CCNCC4)C3)nc2n1. The second-order valence-corrected chi connectivity index (χ2v) is 7.21. The van der Waals surface area contributed by atoms with Crippen molar-refractivity contribution in [2.75, 3.05) is 24.1 Å². The van der Waals surface area contributed by atoms with Crippen LogP contribution >= 0.6 is 0 Å². The van der Waals surface area contributed by atoms with Gasteiger partial charge in [-0.2, -0.15) is 9.97 Å². The molecule has 1 aliphatic heterocycles. The Kier molecular flexibility index (Phi) is 3.37. The van der Waals surface area contributed by atoms with E-state index in [1.807, 2.05) is 19.9 Å². The first-order chi connectivity index (χ1) is 11.0. The van der Waals surface area contributed by atoms with Crippen molar-refractivity contribution in [2.45, 2.75) is 45.6 Å². The van der Waals surface area contributed by atoms with Gasteiger partial charge in [-0.15, -0.1) is 0 Å². The summed E-state index contributed by atoms with van der Waals surface area (Å²) in [5.41, 5.74) is 9.40. The van der Waals surface area contributed by atoms with Gasteiger partial charge in [0.25, 0.3) is 0 Å². The number of nitrogen functional groups attached to an aromatic ring is 1. The molecule has 1 saturated heterocycles. The fourth-order valence-electron chi connectivity index (χ4n) is 4.21. The number of hydrogen-bond acceptors (Lipinski definition) is 6. The van der Waals surface area contributed by atoms with Crippen LogP contribution < -0.4 is 16.4 Å². The van der Waals surface area contributed by atoms with E-state index in [1.165, 1.54) is 25.7 Å². The maximum absolute atomic E-state index is 6.14. The summed E-state index contributed by atoms with van der Waals surface area (Å²) in [5, 5.41) is 7.77. The maximum Gasteiger partial charge on any atom is 0.226 e. The lowest BCUT2D eigenvalue weighted by atomic mass is 9.60. The highest BCUT2D eigenvalue weighted by Gasteiger charge is 2.44. The number of pyridine rings is 1. The van der Waals surface area contributed by atoms with Crippen LogP contribution in [-0.4, -0.2) is 34.1 Å². The molecule has 6 nitrogen and oxygen atoms in total. The first kappa shape index (κ1) is 14.6. The number of anilines is 2. The molecular formula is C17H24N6. The maximum atomic E-state index is 6.14. The molecule has 4 rings (SSSR count). The Morgan fingerprint density at radius 2 is 1.91 bits per heavy atom. The van der Waals surface area contributed by atoms with Crippen molar-refractivity contribution in [3.63, 3.8) is 0 Å². The van der Waals surface area contributed by atoms with E-state index >= 15 is 0 Å². The Balaban J connectivity index is 1.54. The summed E-state index contributed by atoms with van der Waals surface area (Å²) in [5.74, 6) is 1.12. The van der Waals surface area contributed by atoms with E-state index in [-0.39, 0.29) is 0 Å². The van der Waals surface area contributed by atoms with E-state index in [2.05, 4.69) is 25.6 Å². The number of aromatic nitrogens is 3. The summed E-state index contributed by atoms with van der Waals surface area (Å²) in [7, 11) is 0. The van der Waals surface area contributed by atoms with Crippen LogP contribution in [0.3, 0.4) is 0 Å². The third-order valence-electron chi connectivity index (χ3n) is 5.38. The van der Waals surface area contributed by atoms with Crippen molar-refractivity contribution in [3.05, 3.63) is 17.3 Å². The predicted molar refractivity (Wildman–Crippen MR) is 92.4 cm³/mol. The van der Waals surface area contributed by atoms with Crippen LogP contribution in [-0.2, 0) is 0 Å². The minimum absolute atomic E-state index is 0.454. The van der Waals surface area contributed by atoms with Crippen molar-refractivity contribution in [1.29, 1.82) is 0 Å². The van der Waals surface area contributed by atoms with Crippen molar-refractivity contribution in [2.24, 2.45) is 5.41 Å². The molecule has 1 spiro atoms. The normalized spacial score (nSPS) is 20.6. The molecule has 3 heterocycles. The monoisotopic (exact) mass is 312 g/mol. The molecule has 1 saturated carbocycles. The molecule has 2 aromatic heterocycles. The average Bonchev–Trinajstić information content (AvgIpc) is 2.45. The van der Waals surface area contributed by atoms with Gasteiger partial charge in [0.1, 0.15) is 5.82 Å². The fraction of sp³-hybridized carbons (Fsp3) is 0.588. The Morgan fingerprint density at radius 3 is 2.65 bits per heavy atom. The van der Waals surface area contributed by atoms with Crippen LogP contribution in [0.25, 0.3) is 11.0 Å². The van der Waals surface area contributed by atoms with E-state index < -0.39 is 0 Å². The topological polar surface area (TPSA) is 88.8 Å². The number of aryl methyl sites for hydroxylation is 2. The molecule has 0 atom stereocenters. The molecule has 122 valence electrons. The van der Waals surface area contributed by atoms with Gasteiger partial charge in [-0.1, -0.05) is 0 Å². The standard InChI is InChI=1S/C17H24N6/c1-10-7-11(2)20-15-13(10)14(18)22-16(23-15)21-12-8-17(9-12)3-5-19-6-4-17/h7,12,19H,3-6,8-9H2,1-2H3,(H3,18,20,21,22,23). The molecule has 6 heteroatoms. The van der Waals surface area contributed by atoms with Crippen LogP contribution in [0.5, 0.6) is 0 Å². The summed E-state index contributed by atoms with van der Waals surface area (Å²) in [4.78, 5) is 13.6. The number of nitrogens with one attached hydrogen (secondary N) is 2. The van der Waals surface area contributed by atoms with Crippen molar-refractivity contribution in [3.8, 4) is 0 Å². The van der Waals surface area contributed by atoms with E-state index in [0.717, 1.165) is 29.7 Å². The van der Waals surface area contributed by atoms with Crippen molar-refractivity contribution >= 4 is 22.8 Å². The molecule has 23 heavy (non-hydrogen) atoms. The molecule has 4 N–H and O–H groups in total. The molecule has 0 amide bonds. The lowest BCUT2D eigenvalue weighted by Crippen LogP contribution is -2.50. The second-order valence-electron chi connectivity index (χ2n) is 7.21. The second kappa shape index (κ2) is 5.30. The molecule has 0 bridgehead atoms. The molecule has 1 aliphatic carbocycles. The van der Waals surface area contributed by atoms with E-state index in [0.29, 0.717) is 28.9 Å². The van der Waals surface area contributed by atoms with Crippen LogP contribution in [0, 0.1) is 19.3 Å². The number of fused-ring (bicyclic) bond motifs is 1. The van der Waals surface area contributed by atoms with E-state index in [4.69, 9.17) is 5.73 Å². The average molecular weight is 312 g/mol. The van der Waals surface area contributed by atoms with Crippen LogP contribution in [0.4, 0.5) is 11.8 Å². The summed E-state index contributed by atoms with van der Waals surface area (Å²) in [6.45, 7) is 6.30. The zero-order valence-corrected chi connectivity index (χ0v) is 13.8. The smallest absolute Gasteiger partial charge is 0.226 e. The minimum atomic E-state index is 0.454. The van der Waals surface area contributed by atoms with Gasteiger partial charge in [0.05, 0.1) is 5.39 Å². The lowest BCUT2D eigenvalue weighted by molar-refractivity contribution is 0.0715. The van der Waals surface area contributed by atoms with Gasteiger partial charge in [0.15, 0.2) is 5.65 Å². The summed E-state index contributed by atoms with van der Waals surface area (Å²) >= 11 is 0. The third-order valence-corrected chi connectivity index (χ3v) is 5.38. The van der Waals surface area contributed by atoms with Gasteiger partial charge in [0.2, 0.25) is 5.95 Å². The van der Waals surface area contributed by atoms with E-state index in [9.17, 15) is 0 Å². The first-order valence-electron chi connectivity index (χ1n) is 8.43. The number of nitrogens with two attached hydrogens (primary N) is 1. The number of hydrogen-bond donors (Lipinski definition) is 3. The third kappa shape index (κ3) is 2.61. The van der Waals surface area contributed by atoms with Crippen LogP contribution in [0.2, 0.25) is 0 Å². The van der Waals surface area contributed by atoms with Gasteiger partial charge in [-0.05, 0) is 69.7 Å². The molecule has 2 aromatic rings. The Labute approximate surface area is 136 Å². The molecule has 0 radical (unpaired) electrons. The van der Waals surface area contributed by atoms with Gasteiger partial charge >= 0.3 is 0 Å².